The second-order valence-electron chi connectivity index (χ2n) is 8.31. The lowest BCUT2D eigenvalue weighted by atomic mass is 9.89. The summed E-state index contributed by atoms with van der Waals surface area (Å²) in [6.07, 6.45) is 9.07. The molecule has 29 heavy (non-hydrogen) atoms. The summed E-state index contributed by atoms with van der Waals surface area (Å²) in [5.41, 5.74) is 7.49. The fraction of sp³-hybridized carbons (Fsp3) is 0.636. The summed E-state index contributed by atoms with van der Waals surface area (Å²) in [5, 5.41) is 0. The first kappa shape index (κ1) is 20.2. The number of amides is 1. The molecule has 2 aliphatic rings. The van der Waals surface area contributed by atoms with E-state index in [4.69, 9.17) is 15.2 Å². The van der Waals surface area contributed by atoms with Crippen LogP contribution in [0.15, 0.2) is 18.2 Å². The highest BCUT2D eigenvalue weighted by atomic mass is 16.6. The molecule has 1 aliphatic carbocycles. The van der Waals surface area contributed by atoms with E-state index in [0.717, 1.165) is 49.3 Å². The number of rotatable bonds is 7. The Morgan fingerprint density at radius 1 is 1.24 bits per heavy atom. The number of nitrogens with one attached hydrogen (secondary N) is 1. The normalized spacial score (nSPS) is 20.2. The van der Waals surface area contributed by atoms with E-state index >= 15 is 0 Å². The van der Waals surface area contributed by atoms with Gasteiger partial charge in [-0.25, -0.2) is 9.78 Å². The fourth-order valence-electron chi connectivity index (χ4n) is 4.48. The Morgan fingerprint density at radius 3 is 2.86 bits per heavy atom. The van der Waals surface area contributed by atoms with Crippen molar-refractivity contribution in [2.75, 3.05) is 26.2 Å². The number of carbonyl (C=O) groups is 1. The third-order valence-corrected chi connectivity index (χ3v) is 6.01. The number of imidazole rings is 1. The van der Waals surface area contributed by atoms with Crippen molar-refractivity contribution in [3.8, 4) is 5.75 Å². The second kappa shape index (κ2) is 9.59. The highest BCUT2D eigenvalue weighted by molar-refractivity contribution is 5.78. The molecule has 1 aliphatic heterocycles. The molecule has 7 nitrogen and oxygen atoms in total. The number of H-pyrrole nitrogens is 1. The molecule has 3 N–H and O–H groups in total. The first-order valence-corrected chi connectivity index (χ1v) is 11.0. The monoisotopic (exact) mass is 400 g/mol. The van der Waals surface area contributed by atoms with E-state index < -0.39 is 0 Å². The van der Waals surface area contributed by atoms with E-state index in [2.05, 4.69) is 9.97 Å². The lowest BCUT2D eigenvalue weighted by molar-refractivity contribution is 0.110. The van der Waals surface area contributed by atoms with Crippen molar-refractivity contribution in [1.82, 2.24) is 14.9 Å². The Hall–Kier alpha value is -2.12. The SMILES string of the molecule is NCCN(CC1CCCCC1)C(=O)Oc1ccc2[nH]c(CC3CCCO3)nc2c1. The zero-order valence-corrected chi connectivity index (χ0v) is 17.1. The lowest BCUT2D eigenvalue weighted by Gasteiger charge is -2.28. The number of aromatic amines is 1. The molecule has 1 amide bonds. The maximum absolute atomic E-state index is 12.8. The van der Waals surface area contributed by atoms with Gasteiger partial charge in [0.15, 0.2) is 0 Å². The van der Waals surface area contributed by atoms with E-state index in [0.29, 0.717) is 24.8 Å². The van der Waals surface area contributed by atoms with E-state index in [1.165, 1.54) is 32.1 Å². The van der Waals surface area contributed by atoms with E-state index in [-0.39, 0.29) is 12.2 Å². The van der Waals surface area contributed by atoms with Crippen molar-refractivity contribution in [3.63, 3.8) is 0 Å². The number of ether oxygens (including phenoxy) is 2. The van der Waals surface area contributed by atoms with Crippen LogP contribution in [0.2, 0.25) is 0 Å². The fourth-order valence-corrected chi connectivity index (χ4v) is 4.48. The minimum Gasteiger partial charge on any atom is -0.410 e. The number of fused-ring (bicyclic) bond motifs is 1. The summed E-state index contributed by atoms with van der Waals surface area (Å²) in [4.78, 5) is 22.5. The van der Waals surface area contributed by atoms with Gasteiger partial charge in [0.05, 0.1) is 17.1 Å². The van der Waals surface area contributed by atoms with Crippen LogP contribution in [-0.4, -0.2) is 53.3 Å². The van der Waals surface area contributed by atoms with Gasteiger partial charge in [-0.15, -0.1) is 0 Å². The third-order valence-electron chi connectivity index (χ3n) is 6.01. The molecule has 2 aromatic rings. The summed E-state index contributed by atoms with van der Waals surface area (Å²) in [6.45, 7) is 2.52. The van der Waals surface area contributed by atoms with Gasteiger partial charge >= 0.3 is 6.09 Å². The quantitative estimate of drug-likeness (QED) is 0.740. The molecule has 0 bridgehead atoms. The molecular weight excluding hydrogens is 368 g/mol. The molecule has 1 atom stereocenters. The van der Waals surface area contributed by atoms with Crippen LogP contribution in [0.4, 0.5) is 4.79 Å². The average Bonchev–Trinajstić information content (AvgIpc) is 3.37. The molecule has 2 heterocycles. The zero-order chi connectivity index (χ0) is 20.1. The molecular formula is C22H32N4O3. The molecule has 7 heteroatoms. The summed E-state index contributed by atoms with van der Waals surface area (Å²) >= 11 is 0. The topological polar surface area (TPSA) is 93.5 Å². The molecule has 1 unspecified atom stereocenters. The van der Waals surface area contributed by atoms with Crippen LogP contribution in [0.3, 0.4) is 0 Å². The van der Waals surface area contributed by atoms with Crippen LogP contribution in [0.25, 0.3) is 11.0 Å². The molecule has 0 spiro atoms. The van der Waals surface area contributed by atoms with Crippen molar-refractivity contribution in [2.45, 2.75) is 57.5 Å². The van der Waals surface area contributed by atoms with Crippen molar-refractivity contribution in [3.05, 3.63) is 24.0 Å². The predicted octanol–water partition coefficient (Wildman–Crippen LogP) is 3.62. The van der Waals surface area contributed by atoms with Crippen molar-refractivity contribution in [1.29, 1.82) is 0 Å². The maximum Gasteiger partial charge on any atom is 0.415 e. The van der Waals surface area contributed by atoms with E-state index in [1.54, 1.807) is 4.90 Å². The lowest BCUT2D eigenvalue weighted by Crippen LogP contribution is -2.41. The largest absolute Gasteiger partial charge is 0.415 e. The summed E-state index contributed by atoms with van der Waals surface area (Å²) in [7, 11) is 0. The van der Waals surface area contributed by atoms with Gasteiger partial charge in [-0.05, 0) is 43.7 Å². The van der Waals surface area contributed by atoms with Gasteiger partial charge in [-0.3, -0.25) is 0 Å². The number of nitrogens with zero attached hydrogens (tertiary/aromatic N) is 2. The smallest absolute Gasteiger partial charge is 0.410 e. The van der Waals surface area contributed by atoms with Crippen molar-refractivity contribution >= 4 is 17.1 Å². The number of aromatic nitrogens is 2. The molecule has 1 aromatic carbocycles. The number of nitrogens with two attached hydrogens (primary N) is 1. The molecule has 1 saturated heterocycles. The zero-order valence-electron chi connectivity index (χ0n) is 17.1. The minimum atomic E-state index is -0.324. The average molecular weight is 401 g/mol. The third kappa shape index (κ3) is 5.28. The Balaban J connectivity index is 1.40. The van der Waals surface area contributed by atoms with Crippen LogP contribution < -0.4 is 10.5 Å². The van der Waals surface area contributed by atoms with Gasteiger partial charge < -0.3 is 25.1 Å². The van der Waals surface area contributed by atoms with Crippen LogP contribution in [0.1, 0.15) is 50.8 Å². The Morgan fingerprint density at radius 2 is 2.10 bits per heavy atom. The molecule has 4 rings (SSSR count). The van der Waals surface area contributed by atoms with Gasteiger partial charge in [0.25, 0.3) is 0 Å². The number of benzene rings is 1. The summed E-state index contributed by atoms with van der Waals surface area (Å²) < 4.78 is 11.4. The molecule has 1 saturated carbocycles. The number of carbonyl (C=O) groups excluding carboxylic acids is 1. The number of hydrogen-bond acceptors (Lipinski definition) is 5. The van der Waals surface area contributed by atoms with Gasteiger partial charge in [0, 0.05) is 38.7 Å². The maximum atomic E-state index is 12.8. The first-order chi connectivity index (χ1) is 14.2. The second-order valence-corrected chi connectivity index (χ2v) is 8.31. The highest BCUT2D eigenvalue weighted by Crippen LogP contribution is 2.25. The molecule has 1 aromatic heterocycles. The van der Waals surface area contributed by atoms with Gasteiger partial charge in [0.2, 0.25) is 0 Å². The summed E-state index contributed by atoms with van der Waals surface area (Å²) in [5.74, 6) is 1.98. The summed E-state index contributed by atoms with van der Waals surface area (Å²) in [6, 6.07) is 5.55. The Bertz CT molecular complexity index is 809. The van der Waals surface area contributed by atoms with E-state index in [9.17, 15) is 4.79 Å². The molecule has 0 radical (unpaired) electrons. The van der Waals surface area contributed by atoms with Gasteiger partial charge in [-0.1, -0.05) is 19.3 Å². The first-order valence-electron chi connectivity index (χ1n) is 11.0. The van der Waals surface area contributed by atoms with Crippen LogP contribution in [0, 0.1) is 5.92 Å². The van der Waals surface area contributed by atoms with Crippen LogP contribution >= 0.6 is 0 Å². The van der Waals surface area contributed by atoms with Gasteiger partial charge in [0.1, 0.15) is 11.6 Å². The minimum absolute atomic E-state index is 0.248. The van der Waals surface area contributed by atoms with Crippen molar-refractivity contribution < 1.29 is 14.3 Å². The van der Waals surface area contributed by atoms with E-state index in [1.807, 2.05) is 18.2 Å². The van der Waals surface area contributed by atoms with Crippen molar-refractivity contribution in [2.24, 2.45) is 11.7 Å². The van der Waals surface area contributed by atoms with Gasteiger partial charge in [-0.2, -0.15) is 0 Å². The highest BCUT2D eigenvalue weighted by Gasteiger charge is 2.22. The predicted molar refractivity (Wildman–Crippen MR) is 112 cm³/mol. The number of hydrogen-bond donors (Lipinski definition) is 2. The Labute approximate surface area is 171 Å². The molecule has 2 fully saturated rings. The Kier molecular flexibility index (Phi) is 6.67. The molecule has 158 valence electrons. The standard InChI is InChI=1S/C22H32N4O3/c23-10-11-26(15-16-5-2-1-3-6-16)22(27)29-18-8-9-19-20(13-18)25-21(24-19)14-17-7-4-12-28-17/h8-9,13,16-17H,1-7,10-12,14-15,23H2,(H,24,25). The van der Waals surface area contributed by atoms with Crippen LogP contribution in [-0.2, 0) is 11.2 Å². The van der Waals surface area contributed by atoms with Crippen LogP contribution in [0.5, 0.6) is 5.75 Å².